The number of hydrogen-bond donors (Lipinski definition) is 0. The zero-order valence-corrected chi connectivity index (χ0v) is 8.11. The normalized spacial score (nSPS) is 11.0. The molecule has 0 bridgehead atoms. The molecule has 0 aliphatic carbocycles. The lowest BCUT2D eigenvalue weighted by atomic mass is 10.4. The first-order valence-corrected chi connectivity index (χ1v) is 3.82. The van der Waals surface area contributed by atoms with Crippen molar-refractivity contribution in [3.05, 3.63) is 25.0 Å². The van der Waals surface area contributed by atoms with E-state index in [4.69, 9.17) is 0 Å². The van der Waals surface area contributed by atoms with Gasteiger partial charge in [0.15, 0.2) is 0 Å². The highest BCUT2D eigenvalue weighted by Crippen LogP contribution is 2.01. The fraction of sp³-hybridized carbons (Fsp3) is 0.333. The maximum atomic E-state index is 10.9. The maximum absolute atomic E-state index is 10.9. The van der Waals surface area contributed by atoms with Crippen LogP contribution in [0.15, 0.2) is 25.0 Å². The molecule has 0 saturated heterocycles. The Hall–Kier alpha value is -1.78. The molecule has 0 aromatic carbocycles. The maximum Gasteiger partial charge on any atom is 0.516 e. The molecule has 0 N–H and O–H groups in total. The topological polar surface area (TPSA) is 61.8 Å². The van der Waals surface area contributed by atoms with E-state index in [9.17, 15) is 9.59 Å². The van der Waals surface area contributed by atoms with E-state index < -0.39 is 18.4 Å². The Bertz CT molecular complexity index is 256. The molecule has 0 aliphatic rings. The van der Waals surface area contributed by atoms with Crippen molar-refractivity contribution in [3.8, 4) is 0 Å². The van der Waals surface area contributed by atoms with Crippen molar-refractivity contribution in [2.45, 2.75) is 20.1 Å². The first-order valence-electron chi connectivity index (χ1n) is 3.82. The highest BCUT2D eigenvalue weighted by atomic mass is 16.8. The van der Waals surface area contributed by atoms with Crippen molar-refractivity contribution < 1.29 is 23.8 Å². The SMILES string of the molecule is C=COC(=O)OC(C)OC(=O)C(=C)C. The second kappa shape index (κ2) is 5.80. The van der Waals surface area contributed by atoms with E-state index in [1.54, 1.807) is 0 Å². The van der Waals surface area contributed by atoms with Gasteiger partial charge in [0.05, 0.1) is 6.26 Å². The van der Waals surface area contributed by atoms with Gasteiger partial charge in [-0.05, 0) is 6.92 Å². The molecule has 0 rings (SSSR count). The van der Waals surface area contributed by atoms with Gasteiger partial charge in [-0.1, -0.05) is 13.2 Å². The zero-order chi connectivity index (χ0) is 11.1. The number of esters is 1. The number of carbonyl (C=O) groups is 2. The highest BCUT2D eigenvalue weighted by Gasteiger charge is 2.14. The van der Waals surface area contributed by atoms with Gasteiger partial charge >= 0.3 is 12.1 Å². The van der Waals surface area contributed by atoms with Crippen LogP contribution in [0.4, 0.5) is 4.79 Å². The van der Waals surface area contributed by atoms with Crippen molar-refractivity contribution in [1.82, 2.24) is 0 Å². The molecule has 0 radical (unpaired) electrons. The minimum absolute atomic E-state index is 0.220. The summed E-state index contributed by atoms with van der Waals surface area (Å²) >= 11 is 0. The smallest absolute Gasteiger partial charge is 0.422 e. The summed E-state index contributed by atoms with van der Waals surface area (Å²) in [5, 5.41) is 0. The van der Waals surface area contributed by atoms with E-state index in [1.807, 2.05) is 0 Å². The Labute approximate surface area is 81.9 Å². The Kier molecular flexibility index (Phi) is 5.06. The molecular formula is C9H12O5. The lowest BCUT2D eigenvalue weighted by Crippen LogP contribution is -2.21. The molecule has 78 valence electrons. The van der Waals surface area contributed by atoms with Crippen molar-refractivity contribution in [2.24, 2.45) is 0 Å². The van der Waals surface area contributed by atoms with Gasteiger partial charge in [-0.25, -0.2) is 9.59 Å². The third kappa shape index (κ3) is 4.97. The third-order valence-corrected chi connectivity index (χ3v) is 1.06. The first-order chi connectivity index (χ1) is 6.47. The summed E-state index contributed by atoms with van der Waals surface area (Å²) in [6, 6.07) is 0. The van der Waals surface area contributed by atoms with Gasteiger partial charge in [-0.2, -0.15) is 0 Å². The van der Waals surface area contributed by atoms with Gasteiger partial charge in [0.1, 0.15) is 0 Å². The van der Waals surface area contributed by atoms with Gasteiger partial charge in [0.2, 0.25) is 6.29 Å². The van der Waals surface area contributed by atoms with E-state index in [0.717, 1.165) is 6.26 Å². The van der Waals surface area contributed by atoms with Gasteiger partial charge in [0.25, 0.3) is 0 Å². The van der Waals surface area contributed by atoms with Crippen LogP contribution >= 0.6 is 0 Å². The van der Waals surface area contributed by atoms with E-state index >= 15 is 0 Å². The predicted octanol–water partition coefficient (Wildman–Crippen LogP) is 1.75. The molecule has 0 heterocycles. The summed E-state index contributed by atoms with van der Waals surface area (Å²) in [6.07, 6.45) is -1.09. The molecule has 14 heavy (non-hydrogen) atoms. The highest BCUT2D eigenvalue weighted by molar-refractivity contribution is 5.87. The zero-order valence-electron chi connectivity index (χ0n) is 8.11. The Morgan fingerprint density at radius 1 is 1.36 bits per heavy atom. The summed E-state index contributed by atoms with van der Waals surface area (Å²) in [7, 11) is 0. The van der Waals surface area contributed by atoms with E-state index in [1.165, 1.54) is 13.8 Å². The minimum Gasteiger partial charge on any atom is -0.422 e. The Balaban J connectivity index is 3.91. The van der Waals surface area contributed by atoms with Crippen molar-refractivity contribution in [2.75, 3.05) is 0 Å². The van der Waals surface area contributed by atoms with E-state index in [2.05, 4.69) is 27.4 Å². The molecule has 0 aromatic rings. The van der Waals surface area contributed by atoms with Crippen LogP contribution in [0.25, 0.3) is 0 Å². The van der Waals surface area contributed by atoms with Crippen molar-refractivity contribution in [3.63, 3.8) is 0 Å². The fourth-order valence-corrected chi connectivity index (χ4v) is 0.507. The summed E-state index contributed by atoms with van der Waals surface area (Å²) in [4.78, 5) is 21.6. The number of rotatable bonds is 4. The van der Waals surface area contributed by atoms with Gasteiger partial charge in [-0.15, -0.1) is 0 Å². The summed E-state index contributed by atoms with van der Waals surface area (Å²) in [5.41, 5.74) is 0.220. The standard InChI is InChI=1S/C9H12O5/c1-5-12-9(11)14-7(4)13-8(10)6(2)3/h5,7H,1-2H2,3-4H3. The Morgan fingerprint density at radius 3 is 2.36 bits per heavy atom. The average molecular weight is 200 g/mol. The molecule has 5 nitrogen and oxygen atoms in total. The lowest BCUT2D eigenvalue weighted by molar-refractivity contribution is -0.162. The predicted molar refractivity (Wildman–Crippen MR) is 48.1 cm³/mol. The molecular weight excluding hydrogens is 188 g/mol. The van der Waals surface area contributed by atoms with Gasteiger partial charge < -0.3 is 14.2 Å². The van der Waals surface area contributed by atoms with Crippen LogP contribution in [0.2, 0.25) is 0 Å². The number of carbonyl (C=O) groups excluding carboxylic acids is 2. The van der Waals surface area contributed by atoms with Crippen LogP contribution < -0.4 is 0 Å². The summed E-state index contributed by atoms with van der Waals surface area (Å²) in [6.45, 7) is 9.38. The van der Waals surface area contributed by atoms with Crippen LogP contribution in [0.3, 0.4) is 0 Å². The van der Waals surface area contributed by atoms with Crippen LogP contribution in [0.1, 0.15) is 13.8 Å². The first kappa shape index (κ1) is 12.2. The second-order valence-corrected chi connectivity index (χ2v) is 2.41. The van der Waals surface area contributed by atoms with Crippen molar-refractivity contribution >= 4 is 12.1 Å². The summed E-state index contributed by atoms with van der Waals surface area (Å²) in [5.74, 6) is -0.635. The van der Waals surface area contributed by atoms with Crippen LogP contribution in [0, 0.1) is 0 Å². The number of ether oxygens (including phenoxy) is 3. The molecule has 0 fully saturated rings. The van der Waals surface area contributed by atoms with Crippen molar-refractivity contribution in [1.29, 1.82) is 0 Å². The molecule has 0 saturated carbocycles. The average Bonchev–Trinajstić information content (AvgIpc) is 2.03. The van der Waals surface area contributed by atoms with Gasteiger partial charge in [0, 0.05) is 12.5 Å². The Morgan fingerprint density at radius 2 is 1.93 bits per heavy atom. The molecule has 0 aromatic heterocycles. The van der Waals surface area contributed by atoms with E-state index in [0.29, 0.717) is 0 Å². The van der Waals surface area contributed by atoms with Crippen LogP contribution in [-0.2, 0) is 19.0 Å². The molecule has 5 heteroatoms. The number of hydrogen-bond acceptors (Lipinski definition) is 5. The molecule has 0 amide bonds. The fourth-order valence-electron chi connectivity index (χ4n) is 0.507. The quantitative estimate of drug-likeness (QED) is 0.299. The molecule has 0 aliphatic heterocycles. The molecule has 1 atom stereocenters. The van der Waals surface area contributed by atoms with Gasteiger partial charge in [-0.3, -0.25) is 0 Å². The second-order valence-electron chi connectivity index (χ2n) is 2.41. The van der Waals surface area contributed by atoms with Crippen LogP contribution in [-0.4, -0.2) is 18.4 Å². The monoisotopic (exact) mass is 200 g/mol. The minimum atomic E-state index is -1.02. The molecule has 1 unspecified atom stereocenters. The summed E-state index contributed by atoms with van der Waals surface area (Å²) < 4.78 is 13.4. The van der Waals surface area contributed by atoms with E-state index in [-0.39, 0.29) is 5.57 Å². The van der Waals surface area contributed by atoms with Crippen LogP contribution in [0.5, 0.6) is 0 Å². The molecule has 0 spiro atoms. The largest absolute Gasteiger partial charge is 0.516 e. The lowest BCUT2D eigenvalue weighted by Gasteiger charge is -2.12. The third-order valence-electron chi connectivity index (χ3n) is 1.06.